The molecule has 0 aliphatic carbocycles. The van der Waals surface area contributed by atoms with E-state index < -0.39 is 0 Å². The number of nitrogens with zero attached hydrogens (tertiary/aromatic N) is 4. The zero-order chi connectivity index (χ0) is 17.8. The van der Waals surface area contributed by atoms with Gasteiger partial charge in [-0.05, 0) is 69.8 Å². The van der Waals surface area contributed by atoms with Crippen molar-refractivity contribution >= 4 is 17.6 Å². The van der Waals surface area contributed by atoms with Gasteiger partial charge in [0.25, 0.3) is 0 Å². The summed E-state index contributed by atoms with van der Waals surface area (Å²) in [6.07, 6.45) is 7.87. The maximum absolute atomic E-state index is 4.97. The third-order valence-electron chi connectivity index (χ3n) is 5.30. The molecule has 4 heterocycles. The van der Waals surface area contributed by atoms with Crippen molar-refractivity contribution in [3.8, 4) is 0 Å². The Balaban J connectivity index is 1.64. The fourth-order valence-corrected chi connectivity index (χ4v) is 3.81. The van der Waals surface area contributed by atoms with E-state index in [9.17, 15) is 0 Å². The number of aromatic nitrogens is 3. The van der Waals surface area contributed by atoms with E-state index in [0.717, 1.165) is 62.3 Å². The molecular formula is C20H28N6. The van der Waals surface area contributed by atoms with Gasteiger partial charge in [-0.2, -0.15) is 4.98 Å². The van der Waals surface area contributed by atoms with Crippen molar-refractivity contribution in [3.63, 3.8) is 0 Å². The number of anilines is 3. The number of hydrogen-bond acceptors (Lipinski definition) is 6. The van der Waals surface area contributed by atoms with Gasteiger partial charge >= 0.3 is 0 Å². The molecule has 2 aromatic rings. The van der Waals surface area contributed by atoms with Crippen molar-refractivity contribution in [2.75, 3.05) is 36.4 Å². The summed E-state index contributed by atoms with van der Waals surface area (Å²) in [5, 5.41) is 6.84. The summed E-state index contributed by atoms with van der Waals surface area (Å²) in [5.41, 5.74) is 2.35. The second-order valence-electron chi connectivity index (χ2n) is 7.39. The van der Waals surface area contributed by atoms with Crippen molar-refractivity contribution in [1.29, 1.82) is 0 Å². The summed E-state index contributed by atoms with van der Waals surface area (Å²) < 4.78 is 0. The first kappa shape index (κ1) is 17.2. The molecule has 0 spiro atoms. The van der Waals surface area contributed by atoms with Crippen LogP contribution in [0.25, 0.3) is 0 Å². The molecule has 0 atom stereocenters. The number of rotatable bonds is 4. The Morgan fingerprint density at radius 3 is 2.62 bits per heavy atom. The van der Waals surface area contributed by atoms with Crippen LogP contribution in [0.4, 0.5) is 17.6 Å². The minimum absolute atomic E-state index is 0.508. The molecule has 2 aliphatic heterocycles. The summed E-state index contributed by atoms with van der Waals surface area (Å²) in [6, 6.07) is 6.17. The van der Waals surface area contributed by atoms with Crippen LogP contribution in [0.3, 0.4) is 0 Å². The SMILES string of the molecule is Cc1ccnc(Nc2cc(C3CCNCC3)nc(N3CCCCC3)n2)c1. The van der Waals surface area contributed by atoms with Crippen molar-refractivity contribution in [2.45, 2.75) is 44.9 Å². The molecule has 0 radical (unpaired) electrons. The van der Waals surface area contributed by atoms with Crippen LogP contribution in [0.2, 0.25) is 0 Å². The van der Waals surface area contributed by atoms with E-state index in [1.807, 2.05) is 18.3 Å². The van der Waals surface area contributed by atoms with E-state index in [1.54, 1.807) is 0 Å². The molecule has 2 fully saturated rings. The van der Waals surface area contributed by atoms with Crippen LogP contribution in [0.1, 0.15) is 49.3 Å². The van der Waals surface area contributed by atoms with E-state index in [2.05, 4.69) is 33.5 Å². The molecule has 6 nitrogen and oxygen atoms in total. The average molecular weight is 352 g/mol. The van der Waals surface area contributed by atoms with Crippen molar-refractivity contribution in [1.82, 2.24) is 20.3 Å². The third kappa shape index (κ3) is 4.12. The molecule has 0 unspecified atom stereocenters. The predicted octanol–water partition coefficient (Wildman–Crippen LogP) is 3.38. The van der Waals surface area contributed by atoms with Crippen molar-refractivity contribution in [2.24, 2.45) is 0 Å². The third-order valence-corrected chi connectivity index (χ3v) is 5.30. The number of piperidine rings is 2. The van der Waals surface area contributed by atoms with Gasteiger partial charge in [-0.3, -0.25) is 0 Å². The van der Waals surface area contributed by atoms with Gasteiger partial charge in [0.05, 0.1) is 5.69 Å². The molecule has 26 heavy (non-hydrogen) atoms. The zero-order valence-corrected chi connectivity index (χ0v) is 15.5. The summed E-state index contributed by atoms with van der Waals surface area (Å²) >= 11 is 0. The molecule has 0 bridgehead atoms. The lowest BCUT2D eigenvalue weighted by Crippen LogP contribution is -2.32. The fourth-order valence-electron chi connectivity index (χ4n) is 3.81. The lowest BCUT2D eigenvalue weighted by atomic mass is 9.94. The Morgan fingerprint density at radius 2 is 1.85 bits per heavy atom. The smallest absolute Gasteiger partial charge is 0.227 e. The van der Waals surface area contributed by atoms with Gasteiger partial charge in [0.1, 0.15) is 11.6 Å². The monoisotopic (exact) mass is 352 g/mol. The summed E-state index contributed by atoms with van der Waals surface area (Å²) in [5.74, 6) is 3.07. The zero-order valence-electron chi connectivity index (χ0n) is 15.5. The molecule has 2 aromatic heterocycles. The minimum Gasteiger partial charge on any atom is -0.341 e. The number of nitrogens with one attached hydrogen (secondary N) is 2. The maximum Gasteiger partial charge on any atom is 0.227 e. The van der Waals surface area contributed by atoms with E-state index in [-0.39, 0.29) is 0 Å². The van der Waals surface area contributed by atoms with Crippen LogP contribution in [0.5, 0.6) is 0 Å². The highest BCUT2D eigenvalue weighted by molar-refractivity contribution is 5.55. The highest BCUT2D eigenvalue weighted by Gasteiger charge is 2.21. The van der Waals surface area contributed by atoms with E-state index in [0.29, 0.717) is 5.92 Å². The lowest BCUT2D eigenvalue weighted by molar-refractivity contribution is 0.452. The Bertz CT molecular complexity index is 699. The maximum atomic E-state index is 4.97. The highest BCUT2D eigenvalue weighted by atomic mass is 15.3. The molecule has 2 N–H and O–H groups in total. The van der Waals surface area contributed by atoms with Gasteiger partial charge in [0, 0.05) is 31.3 Å². The van der Waals surface area contributed by atoms with Crippen LogP contribution >= 0.6 is 0 Å². The first-order valence-electron chi connectivity index (χ1n) is 9.82. The standard InChI is InChI=1S/C20H28N6/c1-15-5-10-22-18(13-15)24-19-14-17(16-6-8-21-9-7-16)23-20(25-19)26-11-3-2-4-12-26/h5,10,13-14,16,21H,2-4,6-9,11-12H2,1H3,(H,22,23,24,25). The first-order valence-corrected chi connectivity index (χ1v) is 9.82. The van der Waals surface area contributed by atoms with Gasteiger partial charge in [0.15, 0.2) is 0 Å². The topological polar surface area (TPSA) is 66.0 Å². The van der Waals surface area contributed by atoms with Gasteiger partial charge in [-0.15, -0.1) is 0 Å². The number of aryl methyl sites for hydroxylation is 1. The molecule has 2 saturated heterocycles. The van der Waals surface area contributed by atoms with Crippen LogP contribution < -0.4 is 15.5 Å². The summed E-state index contributed by atoms with van der Waals surface area (Å²) in [4.78, 5) is 16.6. The average Bonchev–Trinajstić information content (AvgIpc) is 2.69. The number of pyridine rings is 1. The normalized spacial score (nSPS) is 18.7. The molecule has 2 aliphatic rings. The van der Waals surface area contributed by atoms with E-state index >= 15 is 0 Å². The molecule has 138 valence electrons. The molecule has 0 saturated carbocycles. The van der Waals surface area contributed by atoms with Crippen molar-refractivity contribution < 1.29 is 0 Å². The molecular weight excluding hydrogens is 324 g/mol. The second-order valence-corrected chi connectivity index (χ2v) is 7.39. The Hall–Kier alpha value is -2.21. The predicted molar refractivity (Wildman–Crippen MR) is 105 cm³/mol. The van der Waals surface area contributed by atoms with Gasteiger partial charge in [-0.1, -0.05) is 0 Å². The summed E-state index contributed by atoms with van der Waals surface area (Å²) in [6.45, 7) is 6.31. The van der Waals surface area contributed by atoms with E-state index in [4.69, 9.17) is 9.97 Å². The van der Waals surface area contributed by atoms with Crippen LogP contribution in [-0.2, 0) is 0 Å². The largest absolute Gasteiger partial charge is 0.341 e. The first-order chi connectivity index (χ1) is 12.8. The quantitative estimate of drug-likeness (QED) is 0.879. The fraction of sp³-hybridized carbons (Fsp3) is 0.550. The van der Waals surface area contributed by atoms with Crippen LogP contribution in [0, 0.1) is 6.92 Å². The van der Waals surface area contributed by atoms with Gasteiger partial charge in [0.2, 0.25) is 5.95 Å². The summed E-state index contributed by atoms with van der Waals surface area (Å²) in [7, 11) is 0. The number of hydrogen-bond donors (Lipinski definition) is 2. The Kier molecular flexibility index (Phi) is 5.29. The molecule has 0 amide bonds. The molecule has 0 aromatic carbocycles. The Labute approximate surface area is 155 Å². The highest BCUT2D eigenvalue weighted by Crippen LogP contribution is 2.28. The van der Waals surface area contributed by atoms with Crippen LogP contribution in [0.15, 0.2) is 24.4 Å². The van der Waals surface area contributed by atoms with Gasteiger partial charge in [-0.25, -0.2) is 9.97 Å². The second kappa shape index (κ2) is 7.99. The lowest BCUT2D eigenvalue weighted by Gasteiger charge is -2.29. The molecule has 6 heteroatoms. The van der Waals surface area contributed by atoms with E-state index in [1.165, 1.54) is 24.8 Å². The van der Waals surface area contributed by atoms with Crippen LogP contribution in [-0.4, -0.2) is 41.1 Å². The Morgan fingerprint density at radius 1 is 1.04 bits per heavy atom. The van der Waals surface area contributed by atoms with Gasteiger partial charge < -0.3 is 15.5 Å². The molecule has 4 rings (SSSR count). The minimum atomic E-state index is 0.508. The van der Waals surface area contributed by atoms with Crippen molar-refractivity contribution in [3.05, 3.63) is 35.7 Å².